The van der Waals surface area contributed by atoms with E-state index < -0.39 is 0 Å². The molecule has 0 atom stereocenters. The molecule has 8 heteroatoms. The molecule has 1 aromatic carbocycles. The fraction of sp³-hybridized carbons (Fsp3) is 0.217. The molecule has 0 radical (unpaired) electrons. The number of nitrogens with zero attached hydrogens (tertiary/aromatic N) is 5. The molecule has 5 rings (SSSR count). The third-order valence-electron chi connectivity index (χ3n) is 5.34. The number of fused-ring (bicyclic) bond motifs is 1. The van der Waals surface area contributed by atoms with Gasteiger partial charge in [-0.2, -0.15) is 0 Å². The molecular formula is C23H21N5O2S. The van der Waals surface area contributed by atoms with Gasteiger partial charge in [0.05, 0.1) is 18.6 Å². The minimum atomic E-state index is 0.106. The van der Waals surface area contributed by atoms with E-state index in [9.17, 15) is 4.79 Å². The fourth-order valence-corrected chi connectivity index (χ4v) is 4.57. The first-order chi connectivity index (χ1) is 15.3. The molecule has 3 aromatic heterocycles. The molecule has 0 N–H and O–H groups in total. The second kappa shape index (κ2) is 8.77. The van der Waals surface area contributed by atoms with E-state index in [1.165, 1.54) is 22.9 Å². The SMILES string of the molecule is O=C(CSc1nnc(-c2cccnc2)n1Cc1ccco1)N1CCc2ccccc2C1. The van der Waals surface area contributed by atoms with Gasteiger partial charge in [0.2, 0.25) is 5.91 Å². The van der Waals surface area contributed by atoms with Gasteiger partial charge in [-0.15, -0.1) is 10.2 Å². The summed E-state index contributed by atoms with van der Waals surface area (Å²) in [5.74, 6) is 1.91. The van der Waals surface area contributed by atoms with Crippen molar-refractivity contribution in [3.8, 4) is 11.4 Å². The number of pyridine rings is 1. The van der Waals surface area contributed by atoms with Crippen molar-refractivity contribution in [1.82, 2.24) is 24.6 Å². The Kier molecular flexibility index (Phi) is 5.54. The second-order valence-electron chi connectivity index (χ2n) is 7.34. The van der Waals surface area contributed by atoms with Crippen LogP contribution in [0.4, 0.5) is 0 Å². The van der Waals surface area contributed by atoms with Gasteiger partial charge in [-0.05, 0) is 41.8 Å². The predicted octanol–water partition coefficient (Wildman–Crippen LogP) is 3.66. The molecule has 0 fully saturated rings. The van der Waals surface area contributed by atoms with Crippen LogP contribution < -0.4 is 0 Å². The van der Waals surface area contributed by atoms with Crippen molar-refractivity contribution in [1.29, 1.82) is 0 Å². The molecule has 1 amide bonds. The van der Waals surface area contributed by atoms with Crippen LogP contribution in [0.1, 0.15) is 16.9 Å². The summed E-state index contributed by atoms with van der Waals surface area (Å²) >= 11 is 1.40. The van der Waals surface area contributed by atoms with Gasteiger partial charge >= 0.3 is 0 Å². The highest BCUT2D eigenvalue weighted by Gasteiger charge is 2.22. The highest BCUT2D eigenvalue weighted by Crippen LogP contribution is 2.26. The number of carbonyl (C=O) groups excluding carboxylic acids is 1. The van der Waals surface area contributed by atoms with Crippen molar-refractivity contribution < 1.29 is 9.21 Å². The highest BCUT2D eigenvalue weighted by molar-refractivity contribution is 7.99. The summed E-state index contributed by atoms with van der Waals surface area (Å²) in [5.41, 5.74) is 3.43. The number of carbonyl (C=O) groups is 1. The summed E-state index contributed by atoms with van der Waals surface area (Å²) in [5, 5.41) is 9.42. The van der Waals surface area contributed by atoms with Gasteiger partial charge in [0.1, 0.15) is 5.76 Å². The van der Waals surface area contributed by atoms with Crippen LogP contribution in [0.5, 0.6) is 0 Å². The van der Waals surface area contributed by atoms with Crippen molar-refractivity contribution in [3.63, 3.8) is 0 Å². The van der Waals surface area contributed by atoms with Gasteiger partial charge in [-0.3, -0.25) is 14.3 Å². The fourth-order valence-electron chi connectivity index (χ4n) is 3.73. The van der Waals surface area contributed by atoms with E-state index in [0.29, 0.717) is 29.8 Å². The van der Waals surface area contributed by atoms with Gasteiger partial charge in [0, 0.05) is 31.0 Å². The van der Waals surface area contributed by atoms with Crippen molar-refractivity contribution in [2.24, 2.45) is 0 Å². The molecule has 0 aliphatic carbocycles. The highest BCUT2D eigenvalue weighted by atomic mass is 32.2. The lowest BCUT2D eigenvalue weighted by molar-refractivity contribution is -0.129. The molecule has 0 spiro atoms. The Morgan fingerprint density at radius 2 is 1.97 bits per heavy atom. The maximum Gasteiger partial charge on any atom is 0.233 e. The lowest BCUT2D eigenvalue weighted by Gasteiger charge is -2.28. The van der Waals surface area contributed by atoms with Crippen LogP contribution in [-0.4, -0.2) is 42.9 Å². The first-order valence-electron chi connectivity index (χ1n) is 10.1. The number of benzene rings is 1. The summed E-state index contributed by atoms with van der Waals surface area (Å²) in [4.78, 5) is 19.0. The zero-order chi connectivity index (χ0) is 21.0. The lowest BCUT2D eigenvalue weighted by atomic mass is 10.00. The molecule has 0 saturated heterocycles. The van der Waals surface area contributed by atoms with E-state index in [1.54, 1.807) is 18.7 Å². The van der Waals surface area contributed by atoms with Gasteiger partial charge < -0.3 is 9.32 Å². The summed E-state index contributed by atoms with van der Waals surface area (Å²) in [7, 11) is 0. The molecular weight excluding hydrogens is 410 g/mol. The van der Waals surface area contributed by atoms with E-state index in [0.717, 1.165) is 24.3 Å². The first kappa shape index (κ1) is 19.6. The minimum Gasteiger partial charge on any atom is -0.467 e. The summed E-state index contributed by atoms with van der Waals surface area (Å²) < 4.78 is 7.50. The Morgan fingerprint density at radius 1 is 1.06 bits per heavy atom. The maximum atomic E-state index is 12.9. The summed E-state index contributed by atoms with van der Waals surface area (Å²) in [6.45, 7) is 1.89. The lowest BCUT2D eigenvalue weighted by Crippen LogP contribution is -2.37. The molecule has 1 aliphatic heterocycles. The van der Waals surface area contributed by atoms with E-state index >= 15 is 0 Å². The maximum absolute atomic E-state index is 12.9. The van der Waals surface area contributed by atoms with Crippen molar-refractivity contribution >= 4 is 17.7 Å². The largest absolute Gasteiger partial charge is 0.467 e. The monoisotopic (exact) mass is 431 g/mol. The number of hydrogen-bond acceptors (Lipinski definition) is 6. The quantitative estimate of drug-likeness (QED) is 0.434. The second-order valence-corrected chi connectivity index (χ2v) is 8.28. The predicted molar refractivity (Wildman–Crippen MR) is 117 cm³/mol. The third-order valence-corrected chi connectivity index (χ3v) is 6.29. The Hall–Kier alpha value is -3.39. The molecule has 156 valence electrons. The average Bonchev–Trinajstić information content (AvgIpc) is 3.48. The van der Waals surface area contributed by atoms with Crippen LogP contribution in [0.2, 0.25) is 0 Å². The van der Waals surface area contributed by atoms with Crippen molar-refractivity contribution in [2.75, 3.05) is 12.3 Å². The smallest absolute Gasteiger partial charge is 0.233 e. The zero-order valence-corrected chi connectivity index (χ0v) is 17.7. The molecule has 0 saturated carbocycles. The molecule has 4 aromatic rings. The van der Waals surface area contributed by atoms with Crippen LogP contribution in [0.15, 0.2) is 76.8 Å². The standard InChI is InChI=1S/C23H21N5O2S/c29-21(27-11-9-17-5-1-2-6-19(17)14-27)16-31-23-26-25-22(18-7-3-10-24-13-18)28(23)15-20-8-4-12-30-20/h1-8,10,12-13H,9,11,14-16H2. The van der Waals surface area contributed by atoms with Gasteiger partial charge in [0.25, 0.3) is 0 Å². The van der Waals surface area contributed by atoms with E-state index in [2.05, 4.69) is 33.4 Å². The van der Waals surface area contributed by atoms with Gasteiger partial charge in [-0.1, -0.05) is 36.0 Å². The van der Waals surface area contributed by atoms with Gasteiger partial charge in [0.15, 0.2) is 11.0 Å². The number of thioether (sulfide) groups is 1. The minimum absolute atomic E-state index is 0.106. The van der Waals surface area contributed by atoms with E-state index in [-0.39, 0.29) is 5.91 Å². The molecule has 31 heavy (non-hydrogen) atoms. The van der Waals surface area contributed by atoms with Crippen LogP contribution >= 0.6 is 11.8 Å². The molecule has 4 heterocycles. The number of aromatic nitrogens is 4. The first-order valence-corrected chi connectivity index (χ1v) is 11.1. The topological polar surface area (TPSA) is 77.0 Å². The summed E-state index contributed by atoms with van der Waals surface area (Å²) in [6.07, 6.45) is 6.02. The van der Waals surface area contributed by atoms with Crippen LogP contribution in [0, 0.1) is 0 Å². The number of amides is 1. The van der Waals surface area contributed by atoms with Gasteiger partial charge in [-0.25, -0.2) is 0 Å². The number of hydrogen-bond donors (Lipinski definition) is 0. The average molecular weight is 432 g/mol. The van der Waals surface area contributed by atoms with E-state index in [1.807, 2.05) is 39.8 Å². The zero-order valence-electron chi connectivity index (χ0n) is 16.8. The van der Waals surface area contributed by atoms with Crippen LogP contribution in [0.25, 0.3) is 11.4 Å². The molecule has 0 unspecified atom stereocenters. The molecule has 1 aliphatic rings. The van der Waals surface area contributed by atoms with Crippen LogP contribution in [0.3, 0.4) is 0 Å². The Bertz CT molecular complexity index is 1170. The number of furan rings is 1. The van der Waals surface area contributed by atoms with Crippen LogP contribution in [-0.2, 0) is 24.3 Å². The van der Waals surface area contributed by atoms with Crippen molar-refractivity contribution in [2.45, 2.75) is 24.7 Å². The number of rotatable bonds is 6. The normalized spacial score (nSPS) is 13.2. The molecule has 0 bridgehead atoms. The summed E-state index contributed by atoms with van der Waals surface area (Å²) in [6, 6.07) is 15.9. The Labute approximate surface area is 184 Å². The third kappa shape index (κ3) is 4.25. The Balaban J connectivity index is 1.33. The van der Waals surface area contributed by atoms with E-state index in [4.69, 9.17) is 4.42 Å². The van der Waals surface area contributed by atoms with Crippen molar-refractivity contribution in [3.05, 3.63) is 84.1 Å². The Morgan fingerprint density at radius 3 is 2.77 bits per heavy atom. The molecule has 7 nitrogen and oxygen atoms in total.